The number of rotatable bonds is 7. The van der Waals surface area contributed by atoms with Crippen LogP contribution in [0, 0.1) is 0 Å². The van der Waals surface area contributed by atoms with E-state index in [4.69, 9.17) is 19.9 Å². The number of hydrogen-bond donors (Lipinski definition) is 1. The number of benzene rings is 1. The van der Waals surface area contributed by atoms with Crippen LogP contribution in [-0.2, 0) is 16.1 Å². The number of ether oxygens (including phenoxy) is 3. The summed E-state index contributed by atoms with van der Waals surface area (Å²) in [5, 5.41) is 1.84. The molecule has 142 valence electrons. The van der Waals surface area contributed by atoms with E-state index >= 15 is 0 Å². The van der Waals surface area contributed by atoms with Gasteiger partial charge < -0.3 is 24.8 Å². The van der Waals surface area contributed by atoms with E-state index < -0.39 is 0 Å². The highest BCUT2D eigenvalue weighted by atomic mass is 35.5. The predicted octanol–water partition coefficient (Wildman–Crippen LogP) is 2.70. The summed E-state index contributed by atoms with van der Waals surface area (Å²) >= 11 is 1.33. The average Bonchev–Trinajstić information content (AvgIpc) is 3.08. The Morgan fingerprint density at radius 3 is 2.85 bits per heavy atom. The van der Waals surface area contributed by atoms with E-state index in [0.29, 0.717) is 43.5 Å². The molecule has 3 rings (SSSR count). The molecule has 0 bridgehead atoms. The Balaban J connectivity index is 0.00000243. The van der Waals surface area contributed by atoms with E-state index in [0.717, 1.165) is 11.3 Å². The van der Waals surface area contributed by atoms with E-state index in [1.807, 2.05) is 35.7 Å². The van der Waals surface area contributed by atoms with Crippen LogP contribution in [0.4, 0.5) is 5.69 Å². The maximum atomic E-state index is 12.0. The molecular formula is C18H23ClN2O4S. The molecule has 2 N–H and O–H groups in total. The molecule has 0 aliphatic carbocycles. The second-order valence-electron chi connectivity index (χ2n) is 5.72. The second-order valence-corrected chi connectivity index (χ2v) is 6.60. The number of methoxy groups -OCH3 is 1. The molecule has 26 heavy (non-hydrogen) atoms. The van der Waals surface area contributed by atoms with Gasteiger partial charge in [0.1, 0.15) is 17.2 Å². The third-order valence-corrected chi connectivity index (χ3v) is 4.98. The number of nitrogens with two attached hydrogens (primary N) is 1. The second kappa shape index (κ2) is 9.78. The molecule has 2 aromatic rings. The van der Waals surface area contributed by atoms with Crippen molar-refractivity contribution in [2.45, 2.75) is 12.6 Å². The molecule has 0 saturated heterocycles. The van der Waals surface area contributed by atoms with Crippen molar-refractivity contribution in [3.8, 4) is 5.75 Å². The highest BCUT2D eigenvalue weighted by molar-refractivity contribution is 7.13. The highest BCUT2D eigenvalue weighted by Crippen LogP contribution is 2.42. The summed E-state index contributed by atoms with van der Waals surface area (Å²) in [4.78, 5) is 14.7. The van der Waals surface area contributed by atoms with Gasteiger partial charge in [-0.15, -0.1) is 23.7 Å². The molecule has 0 fully saturated rings. The largest absolute Gasteiger partial charge is 0.488 e. The van der Waals surface area contributed by atoms with Crippen LogP contribution in [0.15, 0.2) is 35.7 Å². The molecule has 1 aliphatic heterocycles. The van der Waals surface area contributed by atoms with Crippen LogP contribution in [0.5, 0.6) is 5.75 Å². The number of carbonyl (C=O) groups is 1. The van der Waals surface area contributed by atoms with Gasteiger partial charge in [-0.2, -0.15) is 0 Å². The smallest absolute Gasteiger partial charge is 0.350 e. The van der Waals surface area contributed by atoms with Gasteiger partial charge in [0.05, 0.1) is 26.4 Å². The van der Waals surface area contributed by atoms with Gasteiger partial charge in [0.25, 0.3) is 0 Å². The third kappa shape index (κ3) is 4.48. The van der Waals surface area contributed by atoms with Crippen molar-refractivity contribution in [3.63, 3.8) is 0 Å². The first-order valence-corrected chi connectivity index (χ1v) is 9.03. The predicted molar refractivity (Wildman–Crippen MR) is 105 cm³/mol. The summed E-state index contributed by atoms with van der Waals surface area (Å²) in [7, 11) is 1.38. The minimum absolute atomic E-state index is 0. The van der Waals surface area contributed by atoms with Crippen molar-refractivity contribution in [3.05, 3.63) is 46.2 Å². The monoisotopic (exact) mass is 398 g/mol. The number of thiophene rings is 1. The van der Waals surface area contributed by atoms with Crippen LogP contribution in [0.2, 0.25) is 0 Å². The Morgan fingerprint density at radius 1 is 1.38 bits per heavy atom. The van der Waals surface area contributed by atoms with Crippen molar-refractivity contribution in [2.75, 3.05) is 38.3 Å². The van der Waals surface area contributed by atoms with Crippen LogP contribution < -0.4 is 15.4 Å². The quantitative estimate of drug-likeness (QED) is 0.723. The molecule has 0 radical (unpaired) electrons. The zero-order chi connectivity index (χ0) is 17.6. The molecule has 1 aromatic heterocycles. The van der Waals surface area contributed by atoms with Crippen LogP contribution in [0.3, 0.4) is 0 Å². The fraction of sp³-hybridized carbons (Fsp3) is 0.389. The van der Waals surface area contributed by atoms with Gasteiger partial charge in [0.15, 0.2) is 5.75 Å². The summed E-state index contributed by atoms with van der Waals surface area (Å²) in [6, 6.07) is 10.0. The normalized spacial score (nSPS) is 15.6. The third-order valence-electron chi connectivity index (χ3n) is 4.05. The van der Waals surface area contributed by atoms with Crippen molar-refractivity contribution in [2.24, 2.45) is 5.73 Å². The molecule has 6 nitrogen and oxygen atoms in total. The van der Waals surface area contributed by atoms with Gasteiger partial charge >= 0.3 is 5.97 Å². The number of anilines is 1. The molecule has 1 atom stereocenters. The number of carbonyl (C=O) groups excluding carboxylic acids is 1. The zero-order valence-electron chi connectivity index (χ0n) is 14.6. The number of esters is 1. The van der Waals surface area contributed by atoms with E-state index in [9.17, 15) is 4.79 Å². The first-order chi connectivity index (χ1) is 12.2. The van der Waals surface area contributed by atoms with Crippen molar-refractivity contribution >= 4 is 35.4 Å². The fourth-order valence-electron chi connectivity index (χ4n) is 2.86. The Kier molecular flexibility index (Phi) is 7.71. The lowest BCUT2D eigenvalue weighted by Gasteiger charge is -2.37. The molecule has 1 aromatic carbocycles. The summed E-state index contributed by atoms with van der Waals surface area (Å²) in [6.45, 7) is 2.62. The number of halogens is 1. The Labute approximate surface area is 163 Å². The van der Waals surface area contributed by atoms with Crippen molar-refractivity contribution in [1.82, 2.24) is 0 Å². The van der Waals surface area contributed by atoms with Gasteiger partial charge in [-0.3, -0.25) is 0 Å². The Morgan fingerprint density at radius 2 is 2.15 bits per heavy atom. The molecule has 8 heteroatoms. The SMILES string of the molecule is COC(=O)c1scc2c1N(CCN)[C@H](COCc1ccccc1)CO2.Cl. The number of fused-ring (bicyclic) bond motifs is 1. The Hall–Kier alpha value is -1.80. The highest BCUT2D eigenvalue weighted by Gasteiger charge is 2.33. The first-order valence-electron chi connectivity index (χ1n) is 8.15. The molecule has 1 aliphatic rings. The lowest BCUT2D eigenvalue weighted by atomic mass is 10.2. The zero-order valence-corrected chi connectivity index (χ0v) is 16.2. The molecular weight excluding hydrogens is 376 g/mol. The topological polar surface area (TPSA) is 74.0 Å². The summed E-state index contributed by atoms with van der Waals surface area (Å²) in [5.74, 6) is 0.348. The molecule has 0 saturated carbocycles. The Bertz CT molecular complexity index is 710. The lowest BCUT2D eigenvalue weighted by Crippen LogP contribution is -2.48. The average molecular weight is 399 g/mol. The summed E-state index contributed by atoms with van der Waals surface area (Å²) in [6.07, 6.45) is 0. The van der Waals surface area contributed by atoms with Crippen LogP contribution in [-0.4, -0.2) is 45.4 Å². The van der Waals surface area contributed by atoms with Gasteiger partial charge in [-0.25, -0.2) is 4.79 Å². The van der Waals surface area contributed by atoms with E-state index in [2.05, 4.69) is 4.90 Å². The molecule has 2 heterocycles. The van der Waals surface area contributed by atoms with Crippen molar-refractivity contribution in [1.29, 1.82) is 0 Å². The maximum Gasteiger partial charge on any atom is 0.350 e. The first kappa shape index (κ1) is 20.5. The van der Waals surface area contributed by atoms with E-state index in [-0.39, 0.29) is 24.4 Å². The lowest BCUT2D eigenvalue weighted by molar-refractivity contribution is 0.0603. The number of nitrogens with zero attached hydrogens (tertiary/aromatic N) is 1. The summed E-state index contributed by atoms with van der Waals surface area (Å²) in [5.41, 5.74) is 7.68. The maximum absolute atomic E-state index is 12.0. The van der Waals surface area contributed by atoms with Gasteiger partial charge in [-0.05, 0) is 5.56 Å². The van der Waals surface area contributed by atoms with Gasteiger partial charge in [0, 0.05) is 18.5 Å². The minimum Gasteiger partial charge on any atom is -0.488 e. The summed E-state index contributed by atoms with van der Waals surface area (Å²) < 4.78 is 16.6. The molecule has 0 amide bonds. The van der Waals surface area contributed by atoms with Gasteiger partial charge in [0.2, 0.25) is 0 Å². The van der Waals surface area contributed by atoms with Crippen LogP contribution >= 0.6 is 23.7 Å². The molecule has 0 spiro atoms. The number of hydrogen-bond acceptors (Lipinski definition) is 7. The van der Waals surface area contributed by atoms with Crippen LogP contribution in [0.25, 0.3) is 0 Å². The standard InChI is InChI=1S/C18H22N2O4S.ClH/c1-22-18(21)17-16-15(12-25-17)24-11-14(20(16)8-7-19)10-23-9-13-5-3-2-4-6-13;/h2-6,12,14H,7-11,19H2,1H3;1H/t14-;/m1./s1. The fourth-order valence-corrected chi connectivity index (χ4v) is 3.78. The van der Waals surface area contributed by atoms with E-state index in [1.54, 1.807) is 0 Å². The van der Waals surface area contributed by atoms with Gasteiger partial charge in [-0.1, -0.05) is 30.3 Å². The van der Waals surface area contributed by atoms with E-state index in [1.165, 1.54) is 18.4 Å². The molecule has 0 unspecified atom stereocenters. The van der Waals surface area contributed by atoms with Crippen LogP contribution in [0.1, 0.15) is 15.2 Å². The minimum atomic E-state index is -0.359. The van der Waals surface area contributed by atoms with Crippen molar-refractivity contribution < 1.29 is 19.0 Å².